The highest BCUT2D eigenvalue weighted by Crippen LogP contribution is 2.21. The van der Waals surface area contributed by atoms with Crippen LogP contribution in [0.2, 0.25) is 0 Å². The molecule has 2 aromatic carbocycles. The van der Waals surface area contributed by atoms with Crippen LogP contribution >= 0.6 is 0 Å². The van der Waals surface area contributed by atoms with E-state index < -0.39 is 11.4 Å². The molecular formula is C13H10N2OS. The third kappa shape index (κ3) is 2.59. The van der Waals surface area contributed by atoms with Crippen LogP contribution < -0.4 is 4.31 Å². The maximum absolute atomic E-state index is 12.2. The van der Waals surface area contributed by atoms with Crippen LogP contribution in [0.4, 0.5) is 5.69 Å². The summed E-state index contributed by atoms with van der Waals surface area (Å²) < 4.78 is 13.4. The lowest BCUT2D eigenvalue weighted by atomic mass is 10.3. The van der Waals surface area contributed by atoms with Crippen molar-refractivity contribution in [1.29, 1.82) is 5.26 Å². The van der Waals surface area contributed by atoms with Crippen molar-refractivity contribution in [2.45, 2.75) is 4.90 Å². The van der Waals surface area contributed by atoms with Gasteiger partial charge in [-0.15, -0.1) is 0 Å². The molecule has 0 aliphatic rings. The van der Waals surface area contributed by atoms with Crippen molar-refractivity contribution in [3.05, 3.63) is 60.7 Å². The topological polar surface area (TPSA) is 50.1 Å². The van der Waals surface area contributed by atoms with Crippen LogP contribution in [0.3, 0.4) is 0 Å². The van der Waals surface area contributed by atoms with Crippen LogP contribution in [-0.4, -0.2) is 4.55 Å². The minimum Gasteiger partial charge on any atom is -0.587 e. The summed E-state index contributed by atoms with van der Waals surface area (Å²) in [6, 6.07) is 17.9. The fourth-order valence-corrected chi connectivity index (χ4v) is 2.38. The minimum absolute atomic E-state index is 0.609. The molecule has 4 heteroatoms. The summed E-state index contributed by atoms with van der Waals surface area (Å²) in [6.45, 7) is 0. The molecule has 0 saturated carbocycles. The van der Waals surface area contributed by atoms with Gasteiger partial charge in [0.15, 0.2) is 4.90 Å². The number of hydrogen-bond donors (Lipinski definition) is 0. The number of para-hydroxylation sites is 1. The first-order valence-electron chi connectivity index (χ1n) is 5.05. The Hall–Kier alpha value is -1.96. The van der Waals surface area contributed by atoms with Gasteiger partial charge in [-0.25, -0.2) is 0 Å². The van der Waals surface area contributed by atoms with Crippen molar-refractivity contribution < 1.29 is 4.55 Å². The van der Waals surface area contributed by atoms with Crippen molar-refractivity contribution in [2.75, 3.05) is 4.31 Å². The minimum atomic E-state index is -1.50. The average molecular weight is 242 g/mol. The van der Waals surface area contributed by atoms with E-state index in [-0.39, 0.29) is 0 Å². The van der Waals surface area contributed by atoms with E-state index in [1.54, 1.807) is 36.4 Å². The Morgan fingerprint density at radius 1 is 0.941 bits per heavy atom. The Morgan fingerprint density at radius 2 is 1.47 bits per heavy atom. The summed E-state index contributed by atoms with van der Waals surface area (Å²) in [6.07, 6.45) is 1.95. The second-order valence-electron chi connectivity index (χ2n) is 3.29. The first-order chi connectivity index (χ1) is 8.33. The van der Waals surface area contributed by atoms with Crippen molar-refractivity contribution in [2.24, 2.45) is 0 Å². The molecule has 1 atom stereocenters. The number of benzene rings is 2. The molecule has 0 heterocycles. The number of hydrogen-bond acceptors (Lipinski definition) is 3. The highest BCUT2D eigenvalue weighted by molar-refractivity contribution is 7.93. The summed E-state index contributed by atoms with van der Waals surface area (Å²) in [7, 11) is 0. The summed E-state index contributed by atoms with van der Waals surface area (Å²) in [5, 5.41) is 9.09. The number of nitrogens with zero attached hydrogens (tertiary/aromatic N) is 2. The Kier molecular flexibility index (Phi) is 3.66. The van der Waals surface area contributed by atoms with Crippen LogP contribution in [0.15, 0.2) is 65.6 Å². The fourth-order valence-electron chi connectivity index (χ4n) is 1.40. The zero-order chi connectivity index (χ0) is 12.1. The van der Waals surface area contributed by atoms with E-state index in [1.807, 2.05) is 30.5 Å². The predicted molar refractivity (Wildman–Crippen MR) is 67.4 cm³/mol. The lowest BCUT2D eigenvalue weighted by molar-refractivity contribution is 0.595. The van der Waals surface area contributed by atoms with E-state index >= 15 is 0 Å². The van der Waals surface area contributed by atoms with E-state index in [4.69, 9.17) is 5.26 Å². The SMILES string of the molecule is N#CN(c1ccccc1)[S+]([O-])c1ccccc1. The number of anilines is 1. The molecule has 17 heavy (non-hydrogen) atoms. The van der Waals surface area contributed by atoms with E-state index in [0.717, 1.165) is 0 Å². The standard InChI is InChI=1S/C13H10N2OS/c14-11-15(12-7-3-1-4-8-12)17(16)13-9-5-2-6-10-13/h1-10H. The lowest BCUT2D eigenvalue weighted by Crippen LogP contribution is -2.25. The van der Waals surface area contributed by atoms with Crippen molar-refractivity contribution in [1.82, 2.24) is 0 Å². The smallest absolute Gasteiger partial charge is 0.231 e. The summed E-state index contributed by atoms with van der Waals surface area (Å²) in [4.78, 5) is 0.609. The highest BCUT2D eigenvalue weighted by atomic mass is 32.2. The van der Waals surface area contributed by atoms with Crippen molar-refractivity contribution in [3.8, 4) is 6.19 Å². The first kappa shape index (κ1) is 11.5. The molecule has 0 radical (unpaired) electrons. The van der Waals surface area contributed by atoms with Gasteiger partial charge in [0.2, 0.25) is 6.19 Å². The fraction of sp³-hybridized carbons (Fsp3) is 0. The normalized spacial score (nSPS) is 11.5. The van der Waals surface area contributed by atoms with Crippen LogP contribution in [0.25, 0.3) is 0 Å². The molecule has 84 valence electrons. The predicted octanol–water partition coefficient (Wildman–Crippen LogP) is 2.70. The molecule has 2 rings (SSSR count). The van der Waals surface area contributed by atoms with Gasteiger partial charge in [0, 0.05) is 0 Å². The molecule has 0 bridgehead atoms. The van der Waals surface area contributed by atoms with E-state index in [9.17, 15) is 4.55 Å². The van der Waals surface area contributed by atoms with Gasteiger partial charge in [0.25, 0.3) is 0 Å². The Bertz CT molecular complexity index is 510. The maximum atomic E-state index is 12.2. The molecule has 1 unspecified atom stereocenters. The molecule has 2 aromatic rings. The van der Waals surface area contributed by atoms with Crippen LogP contribution in [0.1, 0.15) is 0 Å². The molecular weight excluding hydrogens is 232 g/mol. The largest absolute Gasteiger partial charge is 0.587 e. The molecule has 0 saturated heterocycles. The van der Waals surface area contributed by atoms with Gasteiger partial charge in [-0.2, -0.15) is 5.26 Å². The molecule has 3 nitrogen and oxygen atoms in total. The molecule has 0 aliphatic heterocycles. The van der Waals surface area contributed by atoms with E-state index in [1.165, 1.54) is 4.31 Å². The van der Waals surface area contributed by atoms with Gasteiger partial charge in [-0.1, -0.05) is 40.7 Å². The Morgan fingerprint density at radius 3 is 2.00 bits per heavy atom. The molecule has 0 aliphatic carbocycles. The van der Waals surface area contributed by atoms with Crippen molar-refractivity contribution >= 4 is 17.0 Å². The second kappa shape index (κ2) is 5.39. The Balaban J connectivity index is 2.30. The maximum Gasteiger partial charge on any atom is 0.231 e. The summed E-state index contributed by atoms with van der Waals surface area (Å²) in [5.41, 5.74) is 0.622. The van der Waals surface area contributed by atoms with Gasteiger partial charge in [-0.05, 0) is 24.3 Å². The number of nitriles is 1. The number of rotatable bonds is 3. The highest BCUT2D eigenvalue weighted by Gasteiger charge is 2.22. The second-order valence-corrected chi connectivity index (χ2v) is 4.63. The first-order valence-corrected chi connectivity index (χ1v) is 6.15. The molecule has 0 N–H and O–H groups in total. The van der Waals surface area contributed by atoms with Gasteiger partial charge >= 0.3 is 0 Å². The van der Waals surface area contributed by atoms with E-state index in [2.05, 4.69) is 0 Å². The third-order valence-electron chi connectivity index (χ3n) is 2.19. The van der Waals surface area contributed by atoms with E-state index in [0.29, 0.717) is 10.6 Å². The van der Waals surface area contributed by atoms with Crippen molar-refractivity contribution in [3.63, 3.8) is 0 Å². The lowest BCUT2D eigenvalue weighted by Gasteiger charge is -2.17. The van der Waals surface area contributed by atoms with Crippen LogP contribution in [-0.2, 0) is 11.4 Å². The zero-order valence-corrected chi connectivity index (χ0v) is 9.80. The monoisotopic (exact) mass is 242 g/mol. The zero-order valence-electron chi connectivity index (χ0n) is 8.98. The summed E-state index contributed by atoms with van der Waals surface area (Å²) in [5.74, 6) is 0. The Labute approximate surface area is 103 Å². The van der Waals surface area contributed by atoms with Crippen LogP contribution in [0, 0.1) is 11.5 Å². The van der Waals surface area contributed by atoms with Gasteiger partial charge in [0.1, 0.15) is 17.0 Å². The van der Waals surface area contributed by atoms with Gasteiger partial charge < -0.3 is 4.55 Å². The molecule has 0 fully saturated rings. The molecule has 0 amide bonds. The quantitative estimate of drug-likeness (QED) is 0.472. The van der Waals surface area contributed by atoms with Crippen LogP contribution in [0.5, 0.6) is 0 Å². The third-order valence-corrected chi connectivity index (χ3v) is 3.49. The summed E-state index contributed by atoms with van der Waals surface area (Å²) >= 11 is -1.50. The van der Waals surface area contributed by atoms with Gasteiger partial charge in [-0.3, -0.25) is 0 Å². The molecule has 0 spiro atoms. The average Bonchev–Trinajstić information content (AvgIpc) is 2.42. The van der Waals surface area contributed by atoms with Gasteiger partial charge in [0.05, 0.1) is 0 Å². The molecule has 0 aromatic heterocycles.